The van der Waals surface area contributed by atoms with E-state index in [4.69, 9.17) is 4.74 Å². The van der Waals surface area contributed by atoms with Gasteiger partial charge < -0.3 is 10.1 Å². The van der Waals surface area contributed by atoms with Gasteiger partial charge in [0, 0.05) is 18.9 Å². The Kier molecular flexibility index (Phi) is 6.23. The molecule has 1 aromatic heterocycles. The summed E-state index contributed by atoms with van der Waals surface area (Å²) in [6.07, 6.45) is 9.38. The topological polar surface area (TPSA) is 56.1 Å². The zero-order valence-electron chi connectivity index (χ0n) is 14.9. The monoisotopic (exact) mass is 341 g/mol. The Balaban J connectivity index is 1.37. The molecular weight excluding hydrogens is 314 g/mol. The molecule has 1 heterocycles. The lowest BCUT2D eigenvalue weighted by molar-refractivity contribution is -0.120. The maximum Gasteiger partial charge on any atom is 0.224 e. The van der Waals surface area contributed by atoms with E-state index >= 15 is 0 Å². The quantitative estimate of drug-likeness (QED) is 0.787. The van der Waals surface area contributed by atoms with E-state index in [1.807, 2.05) is 36.5 Å². The molecule has 134 valence electrons. The first-order valence-corrected chi connectivity index (χ1v) is 9.19. The summed E-state index contributed by atoms with van der Waals surface area (Å²) >= 11 is 0. The van der Waals surface area contributed by atoms with Crippen LogP contribution in [0.15, 0.2) is 42.7 Å². The van der Waals surface area contributed by atoms with Crippen LogP contribution in [0.4, 0.5) is 0 Å². The van der Waals surface area contributed by atoms with Gasteiger partial charge in [0.05, 0.1) is 24.8 Å². The van der Waals surface area contributed by atoms with E-state index < -0.39 is 0 Å². The number of carbonyl (C=O) groups excluding carboxylic acids is 1. The number of hydrogen-bond acceptors (Lipinski definition) is 3. The standard InChI is InChI=1S/C20H27N3O2/c1-16-5-2-3-6-19(16)25-14-12-21-20(24)15-17-7-9-18(10-8-17)23-13-4-11-22-23/h4,7-11,13,16,19H,2-3,5-6,12,14-15H2,1H3,(H,21,24)/t16-,19-/m0/s1. The lowest BCUT2D eigenvalue weighted by Crippen LogP contribution is -2.32. The number of amides is 1. The Labute approximate surface area is 149 Å². The van der Waals surface area contributed by atoms with Crippen molar-refractivity contribution in [2.24, 2.45) is 5.92 Å². The fourth-order valence-electron chi connectivity index (χ4n) is 3.37. The lowest BCUT2D eigenvalue weighted by Gasteiger charge is -2.28. The summed E-state index contributed by atoms with van der Waals surface area (Å²) in [5.41, 5.74) is 1.99. The van der Waals surface area contributed by atoms with Crippen LogP contribution in [0, 0.1) is 5.92 Å². The molecule has 1 amide bonds. The summed E-state index contributed by atoms with van der Waals surface area (Å²) in [6.45, 7) is 3.43. The van der Waals surface area contributed by atoms with Crippen LogP contribution in [0.1, 0.15) is 38.2 Å². The number of aromatic nitrogens is 2. The van der Waals surface area contributed by atoms with Gasteiger partial charge in [0.15, 0.2) is 0 Å². The van der Waals surface area contributed by atoms with E-state index in [-0.39, 0.29) is 5.91 Å². The Morgan fingerprint density at radius 2 is 2.08 bits per heavy atom. The average molecular weight is 341 g/mol. The molecule has 5 heteroatoms. The van der Waals surface area contributed by atoms with Crippen molar-refractivity contribution >= 4 is 5.91 Å². The van der Waals surface area contributed by atoms with Crippen molar-refractivity contribution in [2.75, 3.05) is 13.2 Å². The van der Waals surface area contributed by atoms with Crippen molar-refractivity contribution in [2.45, 2.75) is 45.1 Å². The van der Waals surface area contributed by atoms with Gasteiger partial charge in [-0.3, -0.25) is 4.79 Å². The molecule has 0 spiro atoms. The highest BCUT2D eigenvalue weighted by Gasteiger charge is 2.21. The molecule has 1 aliphatic rings. The van der Waals surface area contributed by atoms with E-state index in [1.54, 1.807) is 10.9 Å². The van der Waals surface area contributed by atoms with Gasteiger partial charge in [0.1, 0.15) is 0 Å². The minimum Gasteiger partial charge on any atom is -0.376 e. The first kappa shape index (κ1) is 17.7. The molecule has 1 saturated carbocycles. The Morgan fingerprint density at radius 3 is 2.80 bits per heavy atom. The zero-order valence-corrected chi connectivity index (χ0v) is 14.9. The fraction of sp³-hybridized carbons (Fsp3) is 0.500. The second-order valence-corrected chi connectivity index (χ2v) is 6.81. The van der Waals surface area contributed by atoms with Gasteiger partial charge in [0.2, 0.25) is 5.91 Å². The van der Waals surface area contributed by atoms with E-state index in [0.717, 1.165) is 17.7 Å². The van der Waals surface area contributed by atoms with Gasteiger partial charge in [0.25, 0.3) is 0 Å². The maximum atomic E-state index is 12.1. The fourth-order valence-corrected chi connectivity index (χ4v) is 3.37. The molecule has 0 radical (unpaired) electrons. The van der Waals surface area contributed by atoms with Crippen LogP contribution in [-0.4, -0.2) is 34.9 Å². The number of nitrogens with one attached hydrogen (secondary N) is 1. The van der Waals surface area contributed by atoms with E-state index in [1.165, 1.54) is 19.3 Å². The molecule has 2 aromatic rings. The highest BCUT2D eigenvalue weighted by Crippen LogP contribution is 2.25. The second kappa shape index (κ2) is 8.81. The zero-order chi connectivity index (χ0) is 17.5. The lowest BCUT2D eigenvalue weighted by atomic mass is 9.88. The largest absolute Gasteiger partial charge is 0.376 e. The third-order valence-corrected chi connectivity index (χ3v) is 4.86. The molecule has 1 aliphatic carbocycles. The van der Waals surface area contributed by atoms with Crippen LogP contribution in [-0.2, 0) is 16.0 Å². The van der Waals surface area contributed by atoms with Gasteiger partial charge in [-0.25, -0.2) is 4.68 Å². The third-order valence-electron chi connectivity index (χ3n) is 4.86. The van der Waals surface area contributed by atoms with Crippen LogP contribution in [0.2, 0.25) is 0 Å². The average Bonchev–Trinajstić information content (AvgIpc) is 3.15. The first-order chi connectivity index (χ1) is 12.2. The number of carbonyl (C=O) groups is 1. The van der Waals surface area contributed by atoms with Crippen LogP contribution in [0.3, 0.4) is 0 Å². The summed E-state index contributed by atoms with van der Waals surface area (Å²) in [7, 11) is 0. The second-order valence-electron chi connectivity index (χ2n) is 6.81. The number of benzene rings is 1. The molecule has 0 bridgehead atoms. The molecule has 0 saturated heterocycles. The number of ether oxygens (including phenoxy) is 1. The highest BCUT2D eigenvalue weighted by atomic mass is 16.5. The first-order valence-electron chi connectivity index (χ1n) is 9.19. The molecule has 0 unspecified atom stereocenters. The van der Waals surface area contributed by atoms with Crippen LogP contribution < -0.4 is 5.32 Å². The van der Waals surface area contributed by atoms with Crippen molar-refractivity contribution in [1.82, 2.24) is 15.1 Å². The van der Waals surface area contributed by atoms with Crippen LogP contribution >= 0.6 is 0 Å². The number of hydrogen-bond donors (Lipinski definition) is 1. The summed E-state index contributed by atoms with van der Waals surface area (Å²) < 4.78 is 7.73. The minimum atomic E-state index is 0.0344. The van der Waals surface area contributed by atoms with E-state index in [2.05, 4.69) is 17.3 Å². The van der Waals surface area contributed by atoms with Gasteiger partial charge in [-0.15, -0.1) is 0 Å². The van der Waals surface area contributed by atoms with Crippen molar-refractivity contribution in [1.29, 1.82) is 0 Å². The minimum absolute atomic E-state index is 0.0344. The van der Waals surface area contributed by atoms with Crippen molar-refractivity contribution < 1.29 is 9.53 Å². The number of nitrogens with zero attached hydrogens (tertiary/aromatic N) is 2. The Morgan fingerprint density at radius 1 is 1.28 bits per heavy atom. The van der Waals surface area contributed by atoms with Crippen molar-refractivity contribution in [3.8, 4) is 5.69 Å². The SMILES string of the molecule is C[C@H]1CCCC[C@@H]1OCCNC(=O)Cc1ccc(-n2cccn2)cc1. The van der Waals surface area contributed by atoms with Gasteiger partial charge in [-0.05, 0) is 42.5 Å². The molecule has 25 heavy (non-hydrogen) atoms. The molecule has 1 N–H and O–H groups in total. The molecule has 1 aromatic carbocycles. The van der Waals surface area contributed by atoms with E-state index in [9.17, 15) is 4.79 Å². The van der Waals surface area contributed by atoms with E-state index in [0.29, 0.717) is 31.6 Å². The van der Waals surface area contributed by atoms with Gasteiger partial charge in [-0.2, -0.15) is 5.10 Å². The number of rotatable bonds is 7. The summed E-state index contributed by atoms with van der Waals surface area (Å²) in [4.78, 5) is 12.1. The molecule has 2 atom stereocenters. The Hall–Kier alpha value is -2.14. The molecular formula is C20H27N3O2. The highest BCUT2D eigenvalue weighted by molar-refractivity contribution is 5.78. The molecule has 1 fully saturated rings. The molecule has 5 nitrogen and oxygen atoms in total. The van der Waals surface area contributed by atoms with Crippen LogP contribution in [0.25, 0.3) is 5.69 Å². The summed E-state index contributed by atoms with van der Waals surface area (Å²) in [5.74, 6) is 0.671. The van der Waals surface area contributed by atoms with Crippen LogP contribution in [0.5, 0.6) is 0 Å². The third kappa shape index (κ3) is 5.16. The Bertz CT molecular complexity index is 652. The smallest absolute Gasteiger partial charge is 0.224 e. The summed E-state index contributed by atoms with van der Waals surface area (Å²) in [5, 5.41) is 7.14. The normalized spacial score (nSPS) is 20.4. The predicted molar refractivity (Wildman–Crippen MR) is 97.6 cm³/mol. The maximum absolute atomic E-state index is 12.1. The molecule has 0 aliphatic heterocycles. The predicted octanol–water partition coefficient (Wildman–Crippen LogP) is 3.13. The summed E-state index contributed by atoms with van der Waals surface area (Å²) in [6, 6.07) is 9.78. The van der Waals surface area contributed by atoms with Gasteiger partial charge >= 0.3 is 0 Å². The van der Waals surface area contributed by atoms with Gasteiger partial charge in [-0.1, -0.05) is 31.9 Å². The van der Waals surface area contributed by atoms with Crippen molar-refractivity contribution in [3.05, 3.63) is 48.3 Å². The van der Waals surface area contributed by atoms with Crippen molar-refractivity contribution in [3.63, 3.8) is 0 Å². The molecule has 3 rings (SSSR count).